The molecule has 1 aromatic rings. The Hall–Kier alpha value is -0.530. The van der Waals surface area contributed by atoms with E-state index in [1.54, 1.807) is 0 Å². The second kappa shape index (κ2) is 3.08. The molecule has 1 heterocycles. The van der Waals surface area contributed by atoms with Crippen LogP contribution in [0.1, 0.15) is 25.6 Å². The van der Waals surface area contributed by atoms with Gasteiger partial charge in [-0.15, -0.1) is 0 Å². The van der Waals surface area contributed by atoms with Gasteiger partial charge in [0.1, 0.15) is 5.82 Å². The van der Waals surface area contributed by atoms with E-state index in [0.29, 0.717) is 5.82 Å². The van der Waals surface area contributed by atoms with Crippen LogP contribution in [0.4, 0.5) is 0 Å². The quantitative estimate of drug-likeness (QED) is 0.756. The molecule has 0 aromatic carbocycles. The van der Waals surface area contributed by atoms with E-state index in [9.17, 15) is 8.42 Å². The van der Waals surface area contributed by atoms with E-state index >= 15 is 0 Å². The predicted octanol–water partition coefficient (Wildman–Crippen LogP) is 0.309. The van der Waals surface area contributed by atoms with E-state index in [1.807, 2.05) is 13.8 Å². The molecule has 68 valence electrons. The minimum absolute atomic E-state index is 0.119. The lowest BCUT2D eigenvalue weighted by molar-refractivity contribution is 0.596. The number of primary sulfonamides is 1. The van der Waals surface area contributed by atoms with E-state index in [4.69, 9.17) is 5.14 Å². The standard InChI is InChI=1S/C5H9N3O2S2/c1-3(2)4-7-5(11-8-4)12(6,9)10/h3H,1-2H3,(H2,6,9,10). The molecule has 0 fully saturated rings. The van der Waals surface area contributed by atoms with Crippen LogP contribution in [0, 0.1) is 0 Å². The van der Waals surface area contributed by atoms with E-state index in [2.05, 4.69) is 9.36 Å². The number of nitrogens with zero attached hydrogens (tertiary/aromatic N) is 2. The van der Waals surface area contributed by atoms with Crippen molar-refractivity contribution in [1.29, 1.82) is 0 Å². The Morgan fingerprint density at radius 2 is 2.08 bits per heavy atom. The van der Waals surface area contributed by atoms with Crippen molar-refractivity contribution in [3.05, 3.63) is 5.82 Å². The van der Waals surface area contributed by atoms with Crippen molar-refractivity contribution >= 4 is 21.6 Å². The van der Waals surface area contributed by atoms with Crippen molar-refractivity contribution in [2.75, 3.05) is 0 Å². The molecule has 0 saturated heterocycles. The van der Waals surface area contributed by atoms with Gasteiger partial charge in [0.05, 0.1) is 0 Å². The minimum Gasteiger partial charge on any atom is -0.223 e. The summed E-state index contributed by atoms with van der Waals surface area (Å²) in [6.45, 7) is 3.77. The summed E-state index contributed by atoms with van der Waals surface area (Å²) >= 11 is 0.811. The summed E-state index contributed by atoms with van der Waals surface area (Å²) < 4.78 is 25.2. The Kier molecular flexibility index (Phi) is 2.45. The Bertz CT molecular complexity index is 368. The topological polar surface area (TPSA) is 85.9 Å². The van der Waals surface area contributed by atoms with Crippen molar-refractivity contribution in [1.82, 2.24) is 9.36 Å². The third kappa shape index (κ3) is 1.99. The highest BCUT2D eigenvalue weighted by Gasteiger charge is 2.15. The summed E-state index contributed by atoms with van der Waals surface area (Å²) in [6.07, 6.45) is 0. The number of nitrogens with two attached hydrogens (primary N) is 1. The average molecular weight is 207 g/mol. The van der Waals surface area contributed by atoms with Crippen LogP contribution in [0.2, 0.25) is 0 Å². The largest absolute Gasteiger partial charge is 0.266 e. The number of hydrogen-bond acceptors (Lipinski definition) is 5. The van der Waals surface area contributed by atoms with Gasteiger partial charge in [0.25, 0.3) is 10.0 Å². The molecule has 0 unspecified atom stereocenters. The molecule has 0 amide bonds. The molecule has 0 spiro atoms. The SMILES string of the molecule is CC(C)c1nsc(S(N)(=O)=O)n1. The molecule has 0 atom stereocenters. The van der Waals surface area contributed by atoms with Crippen LogP contribution in [-0.2, 0) is 10.0 Å². The summed E-state index contributed by atoms with van der Waals surface area (Å²) in [4.78, 5) is 3.78. The first kappa shape index (κ1) is 9.56. The highest BCUT2D eigenvalue weighted by atomic mass is 32.2. The van der Waals surface area contributed by atoms with E-state index in [0.717, 1.165) is 11.5 Å². The fraction of sp³-hybridized carbons (Fsp3) is 0.600. The van der Waals surface area contributed by atoms with Gasteiger partial charge in [-0.1, -0.05) is 13.8 Å². The first-order chi connectivity index (χ1) is 5.41. The molecular formula is C5H9N3O2S2. The summed E-state index contributed by atoms with van der Waals surface area (Å²) in [6, 6.07) is 0. The van der Waals surface area contributed by atoms with Gasteiger partial charge in [0, 0.05) is 5.92 Å². The second-order valence-electron chi connectivity index (χ2n) is 2.62. The lowest BCUT2D eigenvalue weighted by Crippen LogP contribution is -2.11. The van der Waals surface area contributed by atoms with Crippen LogP contribution in [0.15, 0.2) is 4.34 Å². The maximum atomic E-state index is 10.8. The van der Waals surface area contributed by atoms with Gasteiger partial charge >= 0.3 is 0 Å². The van der Waals surface area contributed by atoms with Crippen molar-refractivity contribution < 1.29 is 8.42 Å². The van der Waals surface area contributed by atoms with E-state index < -0.39 is 10.0 Å². The van der Waals surface area contributed by atoms with Crippen LogP contribution >= 0.6 is 11.5 Å². The summed E-state index contributed by atoms with van der Waals surface area (Å²) in [5.41, 5.74) is 0. The molecule has 0 aliphatic carbocycles. The zero-order valence-electron chi connectivity index (χ0n) is 6.68. The first-order valence-corrected chi connectivity index (χ1v) is 5.59. The Labute approximate surface area is 74.8 Å². The average Bonchev–Trinajstić information content (AvgIpc) is 2.30. The van der Waals surface area contributed by atoms with Gasteiger partial charge in [-0.25, -0.2) is 18.5 Å². The molecule has 1 aromatic heterocycles. The summed E-state index contributed by atoms with van der Waals surface area (Å²) in [5.74, 6) is 0.640. The van der Waals surface area contributed by atoms with Crippen molar-refractivity contribution in [2.45, 2.75) is 24.1 Å². The smallest absolute Gasteiger partial charge is 0.223 e. The van der Waals surface area contributed by atoms with Gasteiger partial charge < -0.3 is 0 Å². The summed E-state index contributed by atoms with van der Waals surface area (Å²) in [5, 5.41) is 4.85. The number of rotatable bonds is 2. The van der Waals surface area contributed by atoms with E-state index in [1.165, 1.54) is 0 Å². The maximum absolute atomic E-state index is 10.8. The molecule has 7 heteroatoms. The van der Waals surface area contributed by atoms with Gasteiger partial charge in [-0.05, 0) is 11.5 Å². The molecule has 0 saturated carbocycles. The monoisotopic (exact) mass is 207 g/mol. The third-order valence-electron chi connectivity index (χ3n) is 1.18. The van der Waals surface area contributed by atoms with Gasteiger partial charge in [-0.2, -0.15) is 4.37 Å². The molecule has 2 N–H and O–H groups in total. The number of sulfonamides is 1. The fourth-order valence-electron chi connectivity index (χ4n) is 0.570. The molecule has 0 aliphatic heterocycles. The highest BCUT2D eigenvalue weighted by molar-refractivity contribution is 7.91. The normalized spacial score (nSPS) is 12.3. The van der Waals surface area contributed by atoms with Gasteiger partial charge in [0.15, 0.2) is 0 Å². The van der Waals surface area contributed by atoms with Crippen molar-refractivity contribution in [3.63, 3.8) is 0 Å². The third-order valence-corrected chi connectivity index (χ3v) is 3.21. The molecule has 12 heavy (non-hydrogen) atoms. The predicted molar refractivity (Wildman–Crippen MR) is 45.4 cm³/mol. The van der Waals surface area contributed by atoms with Crippen LogP contribution < -0.4 is 5.14 Å². The highest BCUT2D eigenvalue weighted by Crippen LogP contribution is 2.15. The minimum atomic E-state index is -3.67. The second-order valence-corrected chi connectivity index (χ2v) is 5.11. The first-order valence-electron chi connectivity index (χ1n) is 3.27. The molecule has 0 radical (unpaired) electrons. The Morgan fingerprint density at radius 3 is 2.33 bits per heavy atom. The van der Waals surface area contributed by atoms with Crippen LogP contribution in [0.3, 0.4) is 0 Å². The maximum Gasteiger partial charge on any atom is 0.266 e. The lowest BCUT2D eigenvalue weighted by atomic mass is 10.2. The Morgan fingerprint density at radius 1 is 1.50 bits per heavy atom. The zero-order chi connectivity index (χ0) is 9.35. The number of aromatic nitrogens is 2. The van der Waals surface area contributed by atoms with Crippen molar-refractivity contribution in [3.8, 4) is 0 Å². The zero-order valence-corrected chi connectivity index (χ0v) is 8.32. The van der Waals surface area contributed by atoms with Crippen LogP contribution in [0.5, 0.6) is 0 Å². The van der Waals surface area contributed by atoms with Crippen LogP contribution in [0.25, 0.3) is 0 Å². The number of hydrogen-bond donors (Lipinski definition) is 1. The molecule has 5 nitrogen and oxygen atoms in total. The molecule has 0 bridgehead atoms. The molecular weight excluding hydrogens is 198 g/mol. The van der Waals surface area contributed by atoms with E-state index in [-0.39, 0.29) is 10.3 Å². The summed E-state index contributed by atoms with van der Waals surface area (Å²) in [7, 11) is -3.67. The van der Waals surface area contributed by atoms with Crippen LogP contribution in [-0.4, -0.2) is 17.8 Å². The van der Waals surface area contributed by atoms with Gasteiger partial charge in [0.2, 0.25) is 4.34 Å². The van der Waals surface area contributed by atoms with Gasteiger partial charge in [-0.3, -0.25) is 0 Å². The van der Waals surface area contributed by atoms with Crippen molar-refractivity contribution in [2.24, 2.45) is 5.14 Å². The molecule has 1 rings (SSSR count). The fourth-order valence-corrected chi connectivity index (χ4v) is 1.88. The molecule has 0 aliphatic rings. The lowest BCUT2D eigenvalue weighted by Gasteiger charge is -1.93. The Balaban J connectivity index is 3.09.